The Morgan fingerprint density at radius 1 is 1.79 bits per heavy atom. The average Bonchev–Trinajstić information content (AvgIpc) is 2.62. The zero-order chi connectivity index (χ0) is 10.6. The van der Waals surface area contributed by atoms with Crippen LogP contribution in [0, 0.1) is 0 Å². The minimum Gasteiger partial charge on any atom is -0.288 e. The highest BCUT2D eigenvalue weighted by Crippen LogP contribution is 2.18. The highest BCUT2D eigenvalue weighted by Gasteiger charge is 2.09. The van der Waals surface area contributed by atoms with E-state index in [0.717, 1.165) is 11.4 Å². The molecule has 0 saturated heterocycles. The Labute approximate surface area is 91.3 Å². The van der Waals surface area contributed by atoms with Gasteiger partial charge < -0.3 is 0 Å². The second-order valence-electron chi connectivity index (χ2n) is 2.98. The number of carbonyl (C=O) groups excluding carboxylic acids is 1. The largest absolute Gasteiger partial charge is 0.294 e. The molecule has 1 aromatic rings. The predicted octanol–water partition coefficient (Wildman–Crippen LogP) is 1.39. The minimum absolute atomic E-state index is 0.323. The number of amides is 1. The van der Waals surface area contributed by atoms with Crippen LogP contribution in [-0.4, -0.2) is 16.1 Å². The smallest absolute Gasteiger partial charge is 0.288 e. The Morgan fingerprint density at radius 2 is 2.50 bits per heavy atom. The number of rotatable bonds is 4. The topological polar surface area (TPSA) is 68.0 Å². The van der Waals surface area contributed by atoms with Gasteiger partial charge in [-0.1, -0.05) is 13.8 Å². The van der Waals surface area contributed by atoms with Gasteiger partial charge in [0.1, 0.15) is 0 Å². The summed E-state index contributed by atoms with van der Waals surface area (Å²) in [7, 11) is 0. The van der Waals surface area contributed by atoms with Gasteiger partial charge in [-0.25, -0.2) is 10.8 Å². The van der Waals surface area contributed by atoms with Crippen molar-refractivity contribution in [2.45, 2.75) is 24.9 Å². The molecule has 1 heterocycles. The SMILES string of the molecule is CC(C)SCc1csc(C(=O)NN)n1. The molecule has 4 nitrogen and oxygen atoms in total. The summed E-state index contributed by atoms with van der Waals surface area (Å²) in [5.41, 5.74) is 3.00. The van der Waals surface area contributed by atoms with Crippen molar-refractivity contribution in [3.8, 4) is 0 Å². The zero-order valence-corrected chi connectivity index (χ0v) is 9.74. The predicted molar refractivity (Wildman–Crippen MR) is 60.2 cm³/mol. The van der Waals surface area contributed by atoms with E-state index < -0.39 is 0 Å². The third-order valence-corrected chi connectivity index (χ3v) is 3.46. The molecule has 0 saturated carbocycles. The molecule has 1 aromatic heterocycles. The Hall–Kier alpha value is -0.590. The van der Waals surface area contributed by atoms with Gasteiger partial charge in [-0.2, -0.15) is 11.8 Å². The monoisotopic (exact) mass is 231 g/mol. The van der Waals surface area contributed by atoms with Crippen LogP contribution in [-0.2, 0) is 5.75 Å². The van der Waals surface area contributed by atoms with Crippen LogP contribution in [0.4, 0.5) is 0 Å². The summed E-state index contributed by atoms with van der Waals surface area (Å²) in [6.45, 7) is 4.26. The minimum atomic E-state index is -0.323. The molecule has 0 aromatic carbocycles. The number of hydrazine groups is 1. The lowest BCUT2D eigenvalue weighted by Gasteiger charge is -2.00. The lowest BCUT2D eigenvalue weighted by atomic mass is 10.5. The maximum atomic E-state index is 11.1. The maximum absolute atomic E-state index is 11.1. The third-order valence-electron chi connectivity index (χ3n) is 1.44. The zero-order valence-electron chi connectivity index (χ0n) is 8.11. The summed E-state index contributed by atoms with van der Waals surface area (Å²) in [6, 6.07) is 0. The number of nitrogen functional groups attached to an aromatic ring is 1. The number of thioether (sulfide) groups is 1. The molecule has 3 N–H and O–H groups in total. The van der Waals surface area contributed by atoms with Crippen molar-refractivity contribution < 1.29 is 4.79 Å². The van der Waals surface area contributed by atoms with E-state index in [4.69, 9.17) is 5.84 Å². The van der Waals surface area contributed by atoms with E-state index in [9.17, 15) is 4.79 Å². The molecule has 0 unspecified atom stereocenters. The fraction of sp³-hybridized carbons (Fsp3) is 0.500. The first-order chi connectivity index (χ1) is 6.63. The molecular formula is C8H13N3OS2. The first-order valence-corrected chi connectivity index (χ1v) is 6.13. The molecule has 1 rings (SSSR count). The molecule has 6 heteroatoms. The second-order valence-corrected chi connectivity index (χ2v) is 5.40. The summed E-state index contributed by atoms with van der Waals surface area (Å²) in [6.07, 6.45) is 0. The van der Waals surface area contributed by atoms with E-state index in [-0.39, 0.29) is 5.91 Å². The summed E-state index contributed by atoms with van der Waals surface area (Å²) >= 11 is 3.12. The van der Waals surface area contributed by atoms with Crippen LogP contribution >= 0.6 is 23.1 Å². The van der Waals surface area contributed by atoms with Gasteiger partial charge in [-0.05, 0) is 5.25 Å². The molecule has 0 spiro atoms. The van der Waals surface area contributed by atoms with Crippen molar-refractivity contribution in [3.05, 3.63) is 16.1 Å². The molecule has 0 atom stereocenters. The normalized spacial score (nSPS) is 10.6. The second kappa shape index (κ2) is 5.33. The van der Waals surface area contributed by atoms with Crippen LogP contribution in [0.3, 0.4) is 0 Å². The van der Waals surface area contributed by atoms with Gasteiger partial charge in [-0.15, -0.1) is 11.3 Å². The first-order valence-electron chi connectivity index (χ1n) is 4.20. The molecular weight excluding hydrogens is 218 g/mol. The molecule has 0 fully saturated rings. The van der Waals surface area contributed by atoms with Gasteiger partial charge in [-0.3, -0.25) is 10.2 Å². The number of nitrogens with two attached hydrogens (primary N) is 1. The molecule has 1 amide bonds. The van der Waals surface area contributed by atoms with Crippen LogP contribution in [0.2, 0.25) is 0 Å². The van der Waals surface area contributed by atoms with E-state index in [2.05, 4.69) is 24.3 Å². The van der Waals surface area contributed by atoms with Crippen LogP contribution in [0.25, 0.3) is 0 Å². The Bertz CT molecular complexity index is 311. The quantitative estimate of drug-likeness (QED) is 0.467. The van der Waals surface area contributed by atoms with Crippen LogP contribution in [0.1, 0.15) is 29.3 Å². The van der Waals surface area contributed by atoms with E-state index in [1.54, 1.807) is 11.8 Å². The number of hydrogen-bond acceptors (Lipinski definition) is 5. The van der Waals surface area contributed by atoms with Crippen LogP contribution < -0.4 is 11.3 Å². The van der Waals surface area contributed by atoms with Gasteiger partial charge in [0.15, 0.2) is 5.01 Å². The molecule has 0 bridgehead atoms. The summed E-state index contributed by atoms with van der Waals surface area (Å²) < 4.78 is 0. The standard InChI is InChI=1S/C8H13N3OS2/c1-5(2)13-3-6-4-14-8(10-6)7(12)11-9/h4-5H,3,9H2,1-2H3,(H,11,12). The summed E-state index contributed by atoms with van der Waals surface area (Å²) in [5.74, 6) is 5.51. The summed E-state index contributed by atoms with van der Waals surface area (Å²) in [5, 5.41) is 2.88. The molecule has 0 radical (unpaired) electrons. The lowest BCUT2D eigenvalue weighted by Crippen LogP contribution is -2.29. The fourth-order valence-corrected chi connectivity index (χ4v) is 2.27. The summed E-state index contributed by atoms with van der Waals surface area (Å²) in [4.78, 5) is 15.2. The first kappa shape index (κ1) is 11.5. The molecule has 0 aliphatic carbocycles. The molecule has 78 valence electrons. The van der Waals surface area contributed by atoms with Crippen LogP contribution in [0.5, 0.6) is 0 Å². The maximum Gasteiger partial charge on any atom is 0.294 e. The van der Waals surface area contributed by atoms with Crippen molar-refractivity contribution in [1.82, 2.24) is 10.4 Å². The van der Waals surface area contributed by atoms with Crippen molar-refractivity contribution in [2.75, 3.05) is 0 Å². The average molecular weight is 231 g/mol. The van der Waals surface area contributed by atoms with Gasteiger partial charge in [0, 0.05) is 11.1 Å². The number of aromatic nitrogens is 1. The Kier molecular flexibility index (Phi) is 4.37. The lowest BCUT2D eigenvalue weighted by molar-refractivity contribution is 0.0953. The molecule has 0 aliphatic heterocycles. The van der Waals surface area contributed by atoms with Gasteiger partial charge in [0.05, 0.1) is 5.69 Å². The molecule has 14 heavy (non-hydrogen) atoms. The third kappa shape index (κ3) is 3.28. The Balaban J connectivity index is 2.55. The van der Waals surface area contributed by atoms with E-state index in [0.29, 0.717) is 10.3 Å². The number of carbonyl (C=O) groups is 1. The highest BCUT2D eigenvalue weighted by molar-refractivity contribution is 7.99. The number of thiazole rings is 1. The molecule has 0 aliphatic rings. The van der Waals surface area contributed by atoms with E-state index >= 15 is 0 Å². The Morgan fingerprint density at radius 3 is 3.07 bits per heavy atom. The van der Waals surface area contributed by atoms with E-state index in [1.807, 2.05) is 5.38 Å². The van der Waals surface area contributed by atoms with E-state index in [1.165, 1.54) is 11.3 Å². The van der Waals surface area contributed by atoms with Crippen molar-refractivity contribution >= 4 is 29.0 Å². The number of nitrogens with one attached hydrogen (secondary N) is 1. The number of nitrogens with zero attached hydrogens (tertiary/aromatic N) is 1. The van der Waals surface area contributed by atoms with Crippen molar-refractivity contribution in [1.29, 1.82) is 0 Å². The van der Waals surface area contributed by atoms with Crippen molar-refractivity contribution in [3.63, 3.8) is 0 Å². The van der Waals surface area contributed by atoms with Gasteiger partial charge in [0.25, 0.3) is 5.91 Å². The van der Waals surface area contributed by atoms with Gasteiger partial charge >= 0.3 is 0 Å². The fourth-order valence-electron chi connectivity index (χ4n) is 0.791. The highest BCUT2D eigenvalue weighted by atomic mass is 32.2. The van der Waals surface area contributed by atoms with Crippen molar-refractivity contribution in [2.24, 2.45) is 5.84 Å². The number of hydrogen-bond donors (Lipinski definition) is 2. The van der Waals surface area contributed by atoms with Crippen LogP contribution in [0.15, 0.2) is 5.38 Å². The van der Waals surface area contributed by atoms with Gasteiger partial charge in [0.2, 0.25) is 0 Å².